The molecule has 0 amide bonds. The smallest absolute Gasteiger partial charge is 0.264 e. The summed E-state index contributed by atoms with van der Waals surface area (Å²) in [7, 11) is -2.00. The summed E-state index contributed by atoms with van der Waals surface area (Å²) in [6.45, 7) is 0.465. The zero-order chi connectivity index (χ0) is 15.0. The van der Waals surface area contributed by atoms with Crippen molar-refractivity contribution in [3.63, 3.8) is 0 Å². The Morgan fingerprint density at radius 2 is 1.86 bits per heavy atom. The summed E-state index contributed by atoms with van der Waals surface area (Å²) in [6, 6.07) is 12.2. The normalized spacial score (nSPS) is 14.1. The first-order chi connectivity index (χ1) is 10.0. The fourth-order valence-corrected chi connectivity index (χ4v) is 4.75. The molecule has 0 aliphatic carbocycles. The van der Waals surface area contributed by atoms with Gasteiger partial charge in [-0.05, 0) is 58.2 Å². The van der Waals surface area contributed by atoms with Crippen molar-refractivity contribution in [1.82, 2.24) is 0 Å². The third-order valence-corrected chi connectivity index (χ3v) is 6.00. The highest BCUT2D eigenvalue weighted by atomic mass is 79.9. The van der Waals surface area contributed by atoms with Gasteiger partial charge in [0.1, 0.15) is 5.75 Å². The molecule has 6 heteroatoms. The minimum Gasteiger partial charge on any atom is -0.497 e. The molecule has 3 rings (SSSR count). The Bertz CT molecular complexity index is 772. The Morgan fingerprint density at radius 3 is 2.52 bits per heavy atom. The van der Waals surface area contributed by atoms with Crippen LogP contribution in [-0.2, 0) is 16.4 Å². The number of hydrogen-bond acceptors (Lipinski definition) is 3. The Hall–Kier alpha value is -1.53. The summed E-state index contributed by atoms with van der Waals surface area (Å²) < 4.78 is 33.0. The van der Waals surface area contributed by atoms with Gasteiger partial charge in [-0.15, -0.1) is 0 Å². The van der Waals surface area contributed by atoms with Crippen LogP contribution < -0.4 is 9.04 Å². The lowest BCUT2D eigenvalue weighted by molar-refractivity contribution is 0.414. The van der Waals surface area contributed by atoms with Crippen molar-refractivity contribution < 1.29 is 13.2 Å². The third-order valence-electron chi connectivity index (χ3n) is 3.55. The lowest BCUT2D eigenvalue weighted by Gasteiger charge is -2.20. The van der Waals surface area contributed by atoms with Gasteiger partial charge in [-0.25, -0.2) is 8.42 Å². The summed E-state index contributed by atoms with van der Waals surface area (Å²) in [5.74, 6) is 0.636. The van der Waals surface area contributed by atoms with Crippen LogP contribution in [0.25, 0.3) is 0 Å². The van der Waals surface area contributed by atoms with Gasteiger partial charge in [-0.2, -0.15) is 0 Å². The van der Waals surface area contributed by atoms with E-state index in [0.717, 1.165) is 22.1 Å². The standard InChI is InChI=1S/C15H14BrNO3S/c1-20-12-5-7-13(8-6-12)21(18,19)17-10-9-11-3-2-4-14(16)15(11)17/h2-8H,9-10H2,1H3. The van der Waals surface area contributed by atoms with Crippen molar-refractivity contribution in [1.29, 1.82) is 0 Å². The number of halogens is 1. The van der Waals surface area contributed by atoms with Crippen molar-refractivity contribution in [3.05, 3.63) is 52.5 Å². The molecule has 1 heterocycles. The summed E-state index contributed by atoms with van der Waals surface area (Å²) in [5.41, 5.74) is 1.79. The second kappa shape index (κ2) is 5.35. The highest BCUT2D eigenvalue weighted by Gasteiger charge is 2.32. The van der Waals surface area contributed by atoms with E-state index in [1.165, 1.54) is 4.31 Å². The van der Waals surface area contributed by atoms with Crippen molar-refractivity contribution in [3.8, 4) is 5.75 Å². The highest BCUT2D eigenvalue weighted by molar-refractivity contribution is 9.10. The molecule has 2 aromatic rings. The quantitative estimate of drug-likeness (QED) is 0.836. The van der Waals surface area contributed by atoms with Crippen LogP contribution in [-0.4, -0.2) is 22.1 Å². The molecule has 110 valence electrons. The molecule has 1 aliphatic rings. The van der Waals surface area contributed by atoms with E-state index in [1.807, 2.05) is 18.2 Å². The molecule has 0 fully saturated rings. The lowest BCUT2D eigenvalue weighted by atomic mass is 10.2. The number of benzene rings is 2. The molecule has 0 saturated heterocycles. The number of hydrogen-bond donors (Lipinski definition) is 0. The van der Waals surface area contributed by atoms with Crippen molar-refractivity contribution in [2.45, 2.75) is 11.3 Å². The minimum absolute atomic E-state index is 0.270. The van der Waals surface area contributed by atoms with Crippen LogP contribution in [0.2, 0.25) is 0 Å². The summed E-state index contributed by atoms with van der Waals surface area (Å²) >= 11 is 3.45. The summed E-state index contributed by atoms with van der Waals surface area (Å²) in [5, 5.41) is 0. The molecule has 0 N–H and O–H groups in total. The first kappa shape index (κ1) is 14.4. The van der Waals surface area contributed by atoms with E-state index in [-0.39, 0.29) is 4.90 Å². The summed E-state index contributed by atoms with van der Waals surface area (Å²) in [4.78, 5) is 0.270. The minimum atomic E-state index is -3.55. The van der Waals surface area contributed by atoms with Crippen molar-refractivity contribution >= 4 is 31.6 Å². The molecular formula is C15H14BrNO3S. The molecule has 0 spiro atoms. The fourth-order valence-electron chi connectivity index (χ4n) is 2.49. The third kappa shape index (κ3) is 2.42. The van der Waals surface area contributed by atoms with Gasteiger partial charge in [-0.3, -0.25) is 4.31 Å². The first-order valence-electron chi connectivity index (χ1n) is 6.48. The van der Waals surface area contributed by atoms with Crippen LogP contribution in [0.3, 0.4) is 0 Å². The van der Waals surface area contributed by atoms with Crippen LogP contribution in [0.15, 0.2) is 51.8 Å². The van der Waals surface area contributed by atoms with Crippen LogP contribution in [0.5, 0.6) is 5.75 Å². The SMILES string of the molecule is COc1ccc(S(=O)(=O)N2CCc3cccc(Br)c32)cc1. The fraction of sp³-hybridized carbons (Fsp3) is 0.200. The molecule has 0 bridgehead atoms. The number of rotatable bonds is 3. The van der Waals surface area contributed by atoms with Crippen molar-refractivity contribution in [2.24, 2.45) is 0 Å². The Labute approximate surface area is 132 Å². The van der Waals surface area contributed by atoms with E-state index < -0.39 is 10.0 Å². The Kier molecular flexibility index (Phi) is 3.67. The molecule has 2 aromatic carbocycles. The average molecular weight is 368 g/mol. The largest absolute Gasteiger partial charge is 0.497 e. The van der Waals surface area contributed by atoms with Gasteiger partial charge in [0.05, 0.1) is 17.7 Å². The molecule has 0 radical (unpaired) electrons. The second-order valence-corrected chi connectivity index (χ2v) is 7.47. The van der Waals surface area contributed by atoms with E-state index in [1.54, 1.807) is 31.4 Å². The zero-order valence-electron chi connectivity index (χ0n) is 11.4. The predicted molar refractivity (Wildman–Crippen MR) is 85.4 cm³/mol. The predicted octanol–water partition coefficient (Wildman–Crippen LogP) is 3.21. The van der Waals surface area contributed by atoms with Crippen LogP contribution in [0, 0.1) is 0 Å². The number of methoxy groups -OCH3 is 1. The van der Waals surface area contributed by atoms with E-state index >= 15 is 0 Å². The monoisotopic (exact) mass is 367 g/mol. The Balaban J connectivity index is 2.05. The van der Waals surface area contributed by atoms with E-state index in [2.05, 4.69) is 15.9 Å². The average Bonchev–Trinajstić information content (AvgIpc) is 2.93. The first-order valence-corrected chi connectivity index (χ1v) is 8.71. The van der Waals surface area contributed by atoms with Gasteiger partial charge in [-0.1, -0.05) is 12.1 Å². The zero-order valence-corrected chi connectivity index (χ0v) is 13.8. The van der Waals surface area contributed by atoms with Gasteiger partial charge in [0.2, 0.25) is 0 Å². The Morgan fingerprint density at radius 1 is 1.14 bits per heavy atom. The molecule has 0 unspecified atom stereocenters. The van der Waals surface area contributed by atoms with E-state index in [9.17, 15) is 8.42 Å². The molecule has 1 aliphatic heterocycles. The maximum Gasteiger partial charge on any atom is 0.264 e. The number of anilines is 1. The lowest BCUT2D eigenvalue weighted by Crippen LogP contribution is -2.29. The van der Waals surface area contributed by atoms with Gasteiger partial charge in [0.15, 0.2) is 0 Å². The van der Waals surface area contributed by atoms with E-state index in [4.69, 9.17) is 4.74 Å². The maximum absolute atomic E-state index is 12.8. The van der Waals surface area contributed by atoms with Crippen LogP contribution in [0.4, 0.5) is 5.69 Å². The molecule has 21 heavy (non-hydrogen) atoms. The van der Waals surface area contributed by atoms with E-state index in [0.29, 0.717) is 12.3 Å². The number of ether oxygens (including phenoxy) is 1. The molecule has 0 saturated carbocycles. The topological polar surface area (TPSA) is 46.6 Å². The number of nitrogens with zero attached hydrogens (tertiary/aromatic N) is 1. The molecule has 0 aromatic heterocycles. The molecular weight excluding hydrogens is 354 g/mol. The summed E-state index contributed by atoms with van der Waals surface area (Å²) in [6.07, 6.45) is 0.726. The van der Waals surface area contributed by atoms with Crippen molar-refractivity contribution in [2.75, 3.05) is 18.0 Å². The highest BCUT2D eigenvalue weighted by Crippen LogP contribution is 2.38. The molecule has 4 nitrogen and oxygen atoms in total. The molecule has 0 atom stereocenters. The second-order valence-electron chi connectivity index (χ2n) is 4.75. The number of para-hydroxylation sites is 1. The van der Waals surface area contributed by atoms with Crippen LogP contribution in [0.1, 0.15) is 5.56 Å². The van der Waals surface area contributed by atoms with Crippen LogP contribution >= 0.6 is 15.9 Å². The number of fused-ring (bicyclic) bond motifs is 1. The number of sulfonamides is 1. The van der Waals surface area contributed by atoms with Gasteiger partial charge in [0, 0.05) is 11.0 Å². The van der Waals surface area contributed by atoms with Gasteiger partial charge >= 0.3 is 0 Å². The van der Waals surface area contributed by atoms with Gasteiger partial charge in [0.25, 0.3) is 10.0 Å². The maximum atomic E-state index is 12.8. The van der Waals surface area contributed by atoms with Gasteiger partial charge < -0.3 is 4.74 Å².